The van der Waals surface area contributed by atoms with Gasteiger partial charge in [0.1, 0.15) is 0 Å². The van der Waals surface area contributed by atoms with Gasteiger partial charge in [0.05, 0.1) is 7.11 Å². The number of carbonyl (C=O) groups is 1. The van der Waals surface area contributed by atoms with Gasteiger partial charge in [-0.05, 0) is 42.5 Å². The Morgan fingerprint density at radius 2 is 1.76 bits per heavy atom. The minimum absolute atomic E-state index is 0.409. The highest BCUT2D eigenvalue weighted by Gasteiger charge is 2.24. The van der Waals surface area contributed by atoms with Crippen LogP contribution in [0, 0.1) is 0 Å². The van der Waals surface area contributed by atoms with Crippen molar-refractivity contribution in [2.45, 2.75) is 6.04 Å². The standard InChI is InChI=1S/C15H12BrCl2NO2/c1-21-15(20)14(12-8-10(18)4-7-13(12)16)19-11-5-2-9(17)3-6-11/h2-8,14,19H,1H3. The lowest BCUT2D eigenvalue weighted by atomic mass is 10.1. The summed E-state index contributed by atoms with van der Waals surface area (Å²) in [6, 6.07) is 11.6. The normalized spacial score (nSPS) is 11.8. The Kier molecular flexibility index (Phi) is 5.51. The molecule has 0 aliphatic rings. The van der Waals surface area contributed by atoms with Crippen LogP contribution in [0.4, 0.5) is 5.69 Å². The molecule has 21 heavy (non-hydrogen) atoms. The molecule has 0 saturated carbocycles. The fourth-order valence-corrected chi connectivity index (χ4v) is 2.61. The molecule has 0 saturated heterocycles. The maximum absolute atomic E-state index is 12.1. The topological polar surface area (TPSA) is 38.3 Å². The third kappa shape index (κ3) is 4.13. The molecule has 110 valence electrons. The highest BCUT2D eigenvalue weighted by atomic mass is 79.9. The summed E-state index contributed by atoms with van der Waals surface area (Å²) in [4.78, 5) is 12.1. The number of anilines is 1. The van der Waals surface area contributed by atoms with Crippen LogP contribution in [-0.2, 0) is 9.53 Å². The van der Waals surface area contributed by atoms with Crippen molar-refractivity contribution in [1.82, 2.24) is 0 Å². The molecule has 0 fully saturated rings. The third-order valence-electron chi connectivity index (χ3n) is 2.86. The van der Waals surface area contributed by atoms with Gasteiger partial charge in [0, 0.05) is 25.8 Å². The van der Waals surface area contributed by atoms with E-state index in [4.69, 9.17) is 27.9 Å². The predicted octanol–water partition coefficient (Wildman–Crippen LogP) is 5.08. The van der Waals surface area contributed by atoms with Crippen molar-refractivity contribution in [3.63, 3.8) is 0 Å². The molecule has 0 aromatic heterocycles. The Morgan fingerprint density at radius 3 is 2.38 bits per heavy atom. The summed E-state index contributed by atoms with van der Waals surface area (Å²) >= 11 is 15.3. The molecule has 0 aliphatic heterocycles. The number of rotatable bonds is 4. The van der Waals surface area contributed by atoms with Gasteiger partial charge in [-0.2, -0.15) is 0 Å². The largest absolute Gasteiger partial charge is 0.467 e. The summed E-state index contributed by atoms with van der Waals surface area (Å²) in [5, 5.41) is 4.29. The number of methoxy groups -OCH3 is 1. The first-order valence-electron chi connectivity index (χ1n) is 6.06. The third-order valence-corrected chi connectivity index (χ3v) is 4.07. The number of ether oxygens (including phenoxy) is 1. The van der Waals surface area contributed by atoms with Crippen molar-refractivity contribution < 1.29 is 9.53 Å². The van der Waals surface area contributed by atoms with Crippen LogP contribution in [-0.4, -0.2) is 13.1 Å². The van der Waals surface area contributed by atoms with Gasteiger partial charge in [-0.15, -0.1) is 0 Å². The van der Waals surface area contributed by atoms with E-state index < -0.39 is 12.0 Å². The number of hydrogen-bond donors (Lipinski definition) is 1. The van der Waals surface area contributed by atoms with E-state index in [2.05, 4.69) is 21.2 Å². The fourth-order valence-electron chi connectivity index (χ4n) is 1.83. The van der Waals surface area contributed by atoms with E-state index in [-0.39, 0.29) is 0 Å². The smallest absolute Gasteiger partial charge is 0.333 e. The van der Waals surface area contributed by atoms with Gasteiger partial charge in [-0.25, -0.2) is 4.79 Å². The Labute approximate surface area is 141 Å². The second-order valence-corrected chi connectivity index (χ2v) is 6.00. The molecule has 0 bridgehead atoms. The Hall–Kier alpha value is -1.23. The second kappa shape index (κ2) is 7.16. The molecule has 1 unspecified atom stereocenters. The molecule has 0 heterocycles. The molecule has 0 aliphatic carbocycles. The highest BCUT2D eigenvalue weighted by molar-refractivity contribution is 9.10. The van der Waals surface area contributed by atoms with Crippen LogP contribution in [0.2, 0.25) is 10.0 Å². The Bertz CT molecular complexity index is 647. The molecular weight excluding hydrogens is 377 g/mol. The maximum Gasteiger partial charge on any atom is 0.333 e. The molecule has 1 N–H and O–H groups in total. The monoisotopic (exact) mass is 387 g/mol. The molecule has 0 radical (unpaired) electrons. The number of nitrogens with one attached hydrogen (secondary N) is 1. The number of hydrogen-bond acceptors (Lipinski definition) is 3. The lowest BCUT2D eigenvalue weighted by Crippen LogP contribution is -2.22. The molecule has 2 rings (SSSR count). The highest BCUT2D eigenvalue weighted by Crippen LogP contribution is 2.30. The first-order chi connectivity index (χ1) is 10.0. The zero-order valence-corrected chi connectivity index (χ0v) is 14.2. The SMILES string of the molecule is COC(=O)C(Nc1ccc(Cl)cc1)c1cc(Cl)ccc1Br. The summed E-state index contributed by atoms with van der Waals surface area (Å²) in [6.07, 6.45) is 0. The summed E-state index contributed by atoms with van der Waals surface area (Å²) in [7, 11) is 1.34. The second-order valence-electron chi connectivity index (χ2n) is 4.27. The van der Waals surface area contributed by atoms with Crippen LogP contribution >= 0.6 is 39.1 Å². The zero-order valence-electron chi connectivity index (χ0n) is 11.1. The van der Waals surface area contributed by atoms with Gasteiger partial charge < -0.3 is 10.1 Å². The molecule has 6 heteroatoms. The average molecular weight is 389 g/mol. The molecule has 2 aromatic rings. The van der Waals surface area contributed by atoms with E-state index in [0.717, 1.165) is 10.2 Å². The van der Waals surface area contributed by atoms with Crippen molar-refractivity contribution >= 4 is 50.8 Å². The number of esters is 1. The molecule has 1 atom stereocenters. The van der Waals surface area contributed by atoms with Crippen LogP contribution in [0.15, 0.2) is 46.9 Å². The average Bonchev–Trinajstić information content (AvgIpc) is 2.48. The lowest BCUT2D eigenvalue weighted by Gasteiger charge is -2.19. The minimum Gasteiger partial charge on any atom is -0.467 e. The van der Waals surface area contributed by atoms with Gasteiger partial charge in [-0.1, -0.05) is 39.1 Å². The van der Waals surface area contributed by atoms with E-state index in [1.807, 2.05) is 0 Å². The number of halogens is 3. The summed E-state index contributed by atoms with van der Waals surface area (Å²) in [5.41, 5.74) is 1.45. The van der Waals surface area contributed by atoms with E-state index in [9.17, 15) is 4.79 Å². The molecular formula is C15H12BrCl2NO2. The first-order valence-corrected chi connectivity index (χ1v) is 7.61. The summed E-state index contributed by atoms with van der Waals surface area (Å²) in [6.45, 7) is 0. The van der Waals surface area contributed by atoms with Crippen LogP contribution in [0.5, 0.6) is 0 Å². The van der Waals surface area contributed by atoms with E-state index in [1.54, 1.807) is 42.5 Å². The molecule has 3 nitrogen and oxygen atoms in total. The fraction of sp³-hybridized carbons (Fsp3) is 0.133. The molecule has 0 amide bonds. The van der Waals surface area contributed by atoms with E-state index in [1.165, 1.54) is 7.11 Å². The van der Waals surface area contributed by atoms with Crippen molar-refractivity contribution in [3.05, 3.63) is 62.5 Å². The summed E-state index contributed by atoms with van der Waals surface area (Å²) < 4.78 is 5.63. The Morgan fingerprint density at radius 1 is 1.14 bits per heavy atom. The number of benzene rings is 2. The van der Waals surface area contributed by atoms with Crippen molar-refractivity contribution in [2.24, 2.45) is 0 Å². The van der Waals surface area contributed by atoms with Crippen LogP contribution in [0.1, 0.15) is 11.6 Å². The van der Waals surface area contributed by atoms with E-state index >= 15 is 0 Å². The van der Waals surface area contributed by atoms with Crippen LogP contribution < -0.4 is 5.32 Å². The van der Waals surface area contributed by atoms with Gasteiger partial charge in [0.15, 0.2) is 6.04 Å². The van der Waals surface area contributed by atoms with Crippen molar-refractivity contribution in [1.29, 1.82) is 0 Å². The first kappa shape index (κ1) is 16.1. The van der Waals surface area contributed by atoms with Crippen LogP contribution in [0.3, 0.4) is 0 Å². The molecule has 2 aromatic carbocycles. The predicted molar refractivity (Wildman–Crippen MR) is 89.0 cm³/mol. The minimum atomic E-state index is -0.677. The van der Waals surface area contributed by atoms with Gasteiger partial charge >= 0.3 is 5.97 Å². The quantitative estimate of drug-likeness (QED) is 0.742. The van der Waals surface area contributed by atoms with Gasteiger partial charge in [0.2, 0.25) is 0 Å². The van der Waals surface area contributed by atoms with Crippen molar-refractivity contribution in [2.75, 3.05) is 12.4 Å². The molecule has 0 spiro atoms. The Balaban J connectivity index is 2.36. The van der Waals surface area contributed by atoms with E-state index in [0.29, 0.717) is 15.6 Å². The summed E-state index contributed by atoms with van der Waals surface area (Å²) in [5.74, 6) is -0.409. The maximum atomic E-state index is 12.1. The lowest BCUT2D eigenvalue weighted by molar-refractivity contribution is -0.141. The van der Waals surface area contributed by atoms with Crippen LogP contribution in [0.25, 0.3) is 0 Å². The zero-order chi connectivity index (χ0) is 15.4. The number of carbonyl (C=O) groups excluding carboxylic acids is 1. The van der Waals surface area contributed by atoms with Gasteiger partial charge in [-0.3, -0.25) is 0 Å². The van der Waals surface area contributed by atoms with Gasteiger partial charge in [0.25, 0.3) is 0 Å². The van der Waals surface area contributed by atoms with Crippen molar-refractivity contribution in [3.8, 4) is 0 Å².